The number of rotatable bonds is 5. The maximum atomic E-state index is 12.0. The van der Waals surface area contributed by atoms with Gasteiger partial charge in [-0.1, -0.05) is 30.3 Å². The van der Waals surface area contributed by atoms with E-state index < -0.39 is 0 Å². The van der Waals surface area contributed by atoms with Crippen LogP contribution in [0, 0.1) is 3.57 Å². The first-order valence-corrected chi connectivity index (χ1v) is 7.26. The van der Waals surface area contributed by atoms with E-state index in [1.807, 2.05) is 31.3 Å². The van der Waals surface area contributed by atoms with Crippen molar-refractivity contribution in [3.05, 3.63) is 51.9 Å². The second-order valence-electron chi connectivity index (χ2n) is 4.34. The fourth-order valence-electron chi connectivity index (χ4n) is 1.77. The minimum absolute atomic E-state index is 0.00423. The molecule has 1 amide bonds. The second-order valence-corrected chi connectivity index (χ2v) is 5.59. The molecule has 0 aliphatic carbocycles. The zero-order valence-electron chi connectivity index (χ0n) is 10.7. The molecule has 0 saturated heterocycles. The number of carbonyl (C=O) groups is 1. The van der Waals surface area contributed by atoms with Gasteiger partial charge in [-0.15, -0.1) is 0 Å². The van der Waals surface area contributed by atoms with Crippen LogP contribution in [0.3, 0.4) is 0 Å². The van der Waals surface area contributed by atoms with E-state index in [0.29, 0.717) is 6.54 Å². The molecule has 1 aromatic carbocycles. The summed E-state index contributed by atoms with van der Waals surface area (Å²) in [7, 11) is 0. The molecule has 0 aliphatic rings. The van der Waals surface area contributed by atoms with Gasteiger partial charge in [0.25, 0.3) is 0 Å². The van der Waals surface area contributed by atoms with Crippen molar-refractivity contribution >= 4 is 28.5 Å². The summed E-state index contributed by atoms with van der Waals surface area (Å²) in [5.41, 5.74) is 1.23. The van der Waals surface area contributed by atoms with Crippen LogP contribution in [0.15, 0.2) is 42.7 Å². The van der Waals surface area contributed by atoms with Crippen LogP contribution in [0.25, 0.3) is 0 Å². The average molecular weight is 369 g/mol. The zero-order valence-corrected chi connectivity index (χ0v) is 12.9. The Balaban J connectivity index is 1.81. The summed E-state index contributed by atoms with van der Waals surface area (Å²) in [6.45, 7) is 2.49. The van der Waals surface area contributed by atoms with Gasteiger partial charge in [-0.2, -0.15) is 5.10 Å². The molecule has 1 N–H and O–H groups in total. The molecule has 0 fully saturated rings. The smallest absolute Gasteiger partial charge is 0.244 e. The van der Waals surface area contributed by atoms with Crippen molar-refractivity contribution in [1.82, 2.24) is 15.1 Å². The van der Waals surface area contributed by atoms with Gasteiger partial charge >= 0.3 is 0 Å². The van der Waals surface area contributed by atoms with Gasteiger partial charge in [-0.25, -0.2) is 0 Å². The lowest BCUT2D eigenvalue weighted by molar-refractivity contribution is -0.124. The van der Waals surface area contributed by atoms with E-state index in [9.17, 15) is 4.79 Å². The number of nitrogens with one attached hydrogen (secondary N) is 1. The standard InChI is InChI=1S/C14H16IN3O/c1-11(18-10-13(15)9-17-18)14(19)16-8-7-12-5-3-2-4-6-12/h2-6,9-11H,7-8H2,1H3,(H,16,19). The van der Waals surface area contributed by atoms with Gasteiger partial charge in [-0.3, -0.25) is 9.48 Å². The summed E-state index contributed by atoms with van der Waals surface area (Å²) in [5, 5.41) is 7.09. The fourth-order valence-corrected chi connectivity index (χ4v) is 2.18. The first-order chi connectivity index (χ1) is 9.16. The van der Waals surface area contributed by atoms with Crippen molar-refractivity contribution in [2.24, 2.45) is 0 Å². The predicted molar refractivity (Wildman–Crippen MR) is 82.8 cm³/mol. The van der Waals surface area contributed by atoms with Crippen molar-refractivity contribution < 1.29 is 4.79 Å². The lowest BCUT2D eigenvalue weighted by atomic mass is 10.1. The van der Waals surface area contributed by atoms with Crippen LogP contribution < -0.4 is 5.32 Å². The number of hydrogen-bond acceptors (Lipinski definition) is 2. The molecule has 0 spiro atoms. The zero-order chi connectivity index (χ0) is 13.7. The Morgan fingerprint density at radius 3 is 2.79 bits per heavy atom. The average Bonchev–Trinajstić information content (AvgIpc) is 2.85. The third-order valence-corrected chi connectivity index (χ3v) is 3.46. The van der Waals surface area contributed by atoms with Crippen molar-refractivity contribution in [2.45, 2.75) is 19.4 Å². The van der Waals surface area contributed by atoms with Crippen LogP contribution in [0.5, 0.6) is 0 Å². The Kier molecular flexibility index (Phi) is 4.95. The normalized spacial score (nSPS) is 12.1. The quantitative estimate of drug-likeness (QED) is 0.823. The van der Waals surface area contributed by atoms with E-state index >= 15 is 0 Å². The molecular weight excluding hydrogens is 353 g/mol. The van der Waals surface area contributed by atoms with Crippen LogP contribution in [-0.4, -0.2) is 22.2 Å². The molecule has 5 heteroatoms. The third-order valence-electron chi connectivity index (χ3n) is 2.90. The molecule has 0 bridgehead atoms. The van der Waals surface area contributed by atoms with E-state index in [1.165, 1.54) is 5.56 Å². The molecular formula is C14H16IN3O. The van der Waals surface area contributed by atoms with Crippen LogP contribution in [-0.2, 0) is 11.2 Å². The highest BCUT2D eigenvalue weighted by molar-refractivity contribution is 14.1. The maximum Gasteiger partial charge on any atom is 0.244 e. The van der Waals surface area contributed by atoms with E-state index in [0.717, 1.165) is 9.99 Å². The Morgan fingerprint density at radius 1 is 1.42 bits per heavy atom. The molecule has 0 radical (unpaired) electrons. The fraction of sp³-hybridized carbons (Fsp3) is 0.286. The maximum absolute atomic E-state index is 12.0. The topological polar surface area (TPSA) is 46.9 Å². The van der Waals surface area contributed by atoms with E-state index in [-0.39, 0.29) is 11.9 Å². The van der Waals surface area contributed by atoms with Crippen molar-refractivity contribution in [2.75, 3.05) is 6.54 Å². The molecule has 1 heterocycles. The number of hydrogen-bond donors (Lipinski definition) is 1. The van der Waals surface area contributed by atoms with Crippen LogP contribution >= 0.6 is 22.6 Å². The molecule has 19 heavy (non-hydrogen) atoms. The number of nitrogens with zero attached hydrogens (tertiary/aromatic N) is 2. The van der Waals surface area contributed by atoms with Gasteiger partial charge in [0.1, 0.15) is 6.04 Å². The molecule has 4 nitrogen and oxygen atoms in total. The molecule has 1 unspecified atom stereocenters. The lowest BCUT2D eigenvalue weighted by Gasteiger charge is -2.12. The summed E-state index contributed by atoms with van der Waals surface area (Å²) in [6.07, 6.45) is 4.45. The van der Waals surface area contributed by atoms with E-state index in [4.69, 9.17) is 0 Å². The Labute approximate surface area is 126 Å². The van der Waals surface area contributed by atoms with Crippen LogP contribution in [0.4, 0.5) is 0 Å². The molecule has 2 aromatic rings. The Morgan fingerprint density at radius 2 is 2.16 bits per heavy atom. The number of amides is 1. The molecule has 100 valence electrons. The molecule has 0 saturated carbocycles. The number of benzene rings is 1. The Bertz CT molecular complexity index is 539. The summed E-state index contributed by atoms with van der Waals surface area (Å²) in [4.78, 5) is 12.0. The third kappa shape index (κ3) is 4.05. The van der Waals surface area contributed by atoms with E-state index in [2.05, 4.69) is 45.1 Å². The van der Waals surface area contributed by atoms with Gasteiger partial charge in [0.05, 0.1) is 9.77 Å². The van der Waals surface area contributed by atoms with Gasteiger partial charge in [0, 0.05) is 12.7 Å². The summed E-state index contributed by atoms with van der Waals surface area (Å²) in [6, 6.07) is 9.84. The van der Waals surface area contributed by atoms with Gasteiger partial charge in [0.2, 0.25) is 5.91 Å². The minimum Gasteiger partial charge on any atom is -0.354 e. The Hall–Kier alpha value is -1.37. The van der Waals surface area contributed by atoms with Crippen molar-refractivity contribution in [1.29, 1.82) is 0 Å². The SMILES string of the molecule is CC(C(=O)NCCc1ccccc1)n1cc(I)cn1. The molecule has 1 atom stereocenters. The van der Waals surface area contributed by atoms with Crippen LogP contribution in [0.2, 0.25) is 0 Å². The van der Waals surface area contributed by atoms with Gasteiger partial charge in [0.15, 0.2) is 0 Å². The molecule has 1 aromatic heterocycles. The number of carbonyl (C=O) groups excluding carboxylic acids is 1. The monoisotopic (exact) mass is 369 g/mol. The van der Waals surface area contributed by atoms with Crippen LogP contribution in [0.1, 0.15) is 18.5 Å². The number of aromatic nitrogens is 2. The predicted octanol–water partition coefficient (Wildman–Crippen LogP) is 2.41. The lowest BCUT2D eigenvalue weighted by Crippen LogP contribution is -2.32. The highest BCUT2D eigenvalue weighted by Crippen LogP contribution is 2.08. The first kappa shape index (κ1) is 14.0. The molecule has 2 rings (SSSR count). The molecule has 0 aliphatic heterocycles. The summed E-state index contributed by atoms with van der Waals surface area (Å²) >= 11 is 2.18. The highest BCUT2D eigenvalue weighted by Gasteiger charge is 2.14. The summed E-state index contributed by atoms with van der Waals surface area (Å²) in [5.74, 6) is -0.00423. The van der Waals surface area contributed by atoms with Gasteiger partial charge < -0.3 is 5.32 Å². The van der Waals surface area contributed by atoms with E-state index in [1.54, 1.807) is 10.9 Å². The number of halogens is 1. The van der Waals surface area contributed by atoms with Crippen molar-refractivity contribution in [3.63, 3.8) is 0 Å². The summed E-state index contributed by atoms with van der Waals surface area (Å²) < 4.78 is 2.71. The van der Waals surface area contributed by atoms with Crippen molar-refractivity contribution in [3.8, 4) is 0 Å². The second kappa shape index (κ2) is 6.70. The first-order valence-electron chi connectivity index (χ1n) is 6.18. The highest BCUT2D eigenvalue weighted by atomic mass is 127. The largest absolute Gasteiger partial charge is 0.354 e. The van der Waals surface area contributed by atoms with Gasteiger partial charge in [-0.05, 0) is 41.5 Å². The minimum atomic E-state index is -0.278.